The van der Waals surface area contributed by atoms with Gasteiger partial charge >= 0.3 is 6.09 Å². The van der Waals surface area contributed by atoms with Crippen LogP contribution in [-0.2, 0) is 102 Å². The number of nitrogens with one attached hydrogen (secondary N) is 6. The number of hydrogen-bond donors (Lipinski definition) is 9. The van der Waals surface area contributed by atoms with E-state index in [1.54, 1.807) is 78.9 Å². The Balaban J connectivity index is 0.609. The summed E-state index contributed by atoms with van der Waals surface area (Å²) in [6, 6.07) is 27.0. The first-order valence-electron chi connectivity index (χ1n) is 33.9. The highest BCUT2D eigenvalue weighted by Gasteiger charge is 2.76. The van der Waals surface area contributed by atoms with E-state index < -0.39 is 115 Å². The number of fused-ring (bicyclic) bond motifs is 7. The molecule has 0 unspecified atom stereocenters. The molecule has 9 N–H and O–H groups in total. The third-order valence-electron chi connectivity index (χ3n) is 19.8. The van der Waals surface area contributed by atoms with Gasteiger partial charge < -0.3 is 75.1 Å². The Kier molecular flexibility index (Phi) is 25.4. The van der Waals surface area contributed by atoms with Gasteiger partial charge in [0.25, 0.3) is 11.8 Å². The predicted molar refractivity (Wildman–Crippen MR) is 362 cm³/mol. The molecule has 27 heteroatoms. The van der Waals surface area contributed by atoms with Crippen LogP contribution in [0.3, 0.4) is 0 Å². The van der Waals surface area contributed by atoms with Crippen LogP contribution in [0.1, 0.15) is 85.6 Å². The number of amides is 8. The SMILES string of the molecule is C[C@]12C=CC(=O)C=C1CC[C@@H]1[C@@H]2[C@@H](O)C[C@@]2(C)[C@H]1C[C@H]1O[C@@H](c3cccc(Cc4ccc(NC(=O)OCc5ccc(NC(=O)CNC(=O)[C@H](Cc6ccccc6)NC(=O)CNC(=O)CNC(=O)CCOCCOCCOCCOCCN6C(=O)C=CC6=O)cc5)c(CO)c4)c3)O[C@]12C(=O)CO. The molecule has 4 aliphatic carbocycles. The zero-order valence-electron chi connectivity index (χ0n) is 56.5. The molecule has 3 saturated carbocycles. The molecule has 0 aromatic heterocycles. The molecule has 101 heavy (non-hydrogen) atoms. The van der Waals surface area contributed by atoms with Crippen LogP contribution < -0.4 is 31.9 Å². The van der Waals surface area contributed by atoms with E-state index in [0.717, 1.165) is 28.0 Å². The Morgan fingerprint density at radius 2 is 1.34 bits per heavy atom. The average molecular weight is 1390 g/mol. The molecular weight excluding hydrogens is 1310 g/mol. The second-order valence-electron chi connectivity index (χ2n) is 26.3. The molecule has 10 atom stereocenters. The number of imide groups is 1. The molecular formula is C74H87N7O20. The zero-order chi connectivity index (χ0) is 71.7. The summed E-state index contributed by atoms with van der Waals surface area (Å²) in [5.74, 6) is -4.52. The van der Waals surface area contributed by atoms with Crippen molar-refractivity contribution in [2.45, 2.75) is 102 Å². The second-order valence-corrected chi connectivity index (χ2v) is 26.3. The fourth-order valence-corrected chi connectivity index (χ4v) is 15.0. The molecule has 8 amide bonds. The van der Waals surface area contributed by atoms with Crippen molar-refractivity contribution in [1.29, 1.82) is 0 Å². The van der Waals surface area contributed by atoms with Gasteiger partial charge in [-0.3, -0.25) is 53.4 Å². The summed E-state index contributed by atoms with van der Waals surface area (Å²) in [6.07, 6.45) is 7.13. The largest absolute Gasteiger partial charge is 0.444 e. The van der Waals surface area contributed by atoms with Crippen molar-refractivity contribution >= 4 is 70.4 Å². The Bertz CT molecular complexity index is 3770. The Labute approximate surface area is 584 Å². The third kappa shape index (κ3) is 18.3. The summed E-state index contributed by atoms with van der Waals surface area (Å²) in [6.45, 7) is 3.48. The molecule has 0 spiro atoms. The van der Waals surface area contributed by atoms with Gasteiger partial charge in [0, 0.05) is 64.2 Å². The Morgan fingerprint density at radius 1 is 0.683 bits per heavy atom. The van der Waals surface area contributed by atoms with Gasteiger partial charge in [-0.05, 0) is 96.5 Å². The molecule has 27 nitrogen and oxygen atoms in total. The molecule has 2 aliphatic heterocycles. The number of rotatable bonds is 35. The number of Topliss-reactive ketones (excluding diaryl/α,β-unsaturated/α-hetero) is 1. The quantitative estimate of drug-likeness (QED) is 0.0235. The minimum atomic E-state index is -1.51. The smallest absolute Gasteiger partial charge is 0.411 e. The lowest BCUT2D eigenvalue weighted by atomic mass is 9.46. The number of aliphatic hydroxyl groups excluding tert-OH is 3. The lowest BCUT2D eigenvalue weighted by Gasteiger charge is -2.59. The van der Waals surface area contributed by atoms with E-state index in [9.17, 15) is 63.3 Å². The van der Waals surface area contributed by atoms with Crippen LogP contribution in [-0.4, -0.2) is 189 Å². The van der Waals surface area contributed by atoms with Crippen molar-refractivity contribution < 1.29 is 96.4 Å². The van der Waals surface area contributed by atoms with Gasteiger partial charge in [0.1, 0.15) is 19.3 Å². The number of ether oxygens (including phenoxy) is 7. The highest BCUT2D eigenvalue weighted by molar-refractivity contribution is 6.13. The highest BCUT2D eigenvalue weighted by Crippen LogP contribution is 2.70. The van der Waals surface area contributed by atoms with Crippen molar-refractivity contribution in [2.24, 2.45) is 28.6 Å². The maximum atomic E-state index is 14.1. The van der Waals surface area contributed by atoms with E-state index in [0.29, 0.717) is 72.7 Å². The van der Waals surface area contributed by atoms with Gasteiger partial charge in [0.05, 0.1) is 97.8 Å². The molecule has 4 aromatic carbocycles. The van der Waals surface area contributed by atoms with E-state index in [1.165, 1.54) is 12.2 Å². The number of benzene rings is 4. The summed E-state index contributed by atoms with van der Waals surface area (Å²) < 4.78 is 40.7. The van der Waals surface area contributed by atoms with Gasteiger partial charge in [-0.1, -0.05) is 104 Å². The van der Waals surface area contributed by atoms with Gasteiger partial charge in [-0.15, -0.1) is 0 Å². The molecule has 0 radical (unpaired) electrons. The van der Waals surface area contributed by atoms with E-state index in [-0.39, 0.29) is 101 Å². The third-order valence-corrected chi connectivity index (χ3v) is 19.8. The van der Waals surface area contributed by atoms with Crippen molar-refractivity contribution in [3.8, 4) is 0 Å². The number of aliphatic hydroxyl groups is 3. The van der Waals surface area contributed by atoms with Gasteiger partial charge in [0.15, 0.2) is 23.5 Å². The molecule has 538 valence electrons. The van der Waals surface area contributed by atoms with Crippen molar-refractivity contribution in [3.05, 3.63) is 166 Å². The van der Waals surface area contributed by atoms with E-state index in [4.69, 9.17) is 33.2 Å². The Morgan fingerprint density at radius 3 is 2.05 bits per heavy atom. The first-order valence-corrected chi connectivity index (χ1v) is 33.9. The van der Waals surface area contributed by atoms with E-state index in [1.807, 2.05) is 43.3 Å². The van der Waals surface area contributed by atoms with E-state index in [2.05, 4.69) is 38.8 Å². The fourth-order valence-electron chi connectivity index (χ4n) is 15.0. The summed E-state index contributed by atoms with van der Waals surface area (Å²) >= 11 is 0. The van der Waals surface area contributed by atoms with Crippen molar-refractivity contribution in [3.63, 3.8) is 0 Å². The maximum Gasteiger partial charge on any atom is 0.411 e. The lowest BCUT2D eigenvalue weighted by Crippen LogP contribution is -2.63. The van der Waals surface area contributed by atoms with Gasteiger partial charge in [-0.2, -0.15) is 0 Å². The summed E-state index contributed by atoms with van der Waals surface area (Å²) in [5, 5.41) is 48.4. The predicted octanol–water partition coefficient (Wildman–Crippen LogP) is 3.52. The van der Waals surface area contributed by atoms with Crippen LogP contribution in [0.4, 0.5) is 16.2 Å². The van der Waals surface area contributed by atoms with Gasteiger partial charge in [0.2, 0.25) is 29.5 Å². The lowest BCUT2D eigenvalue weighted by molar-refractivity contribution is -0.201. The van der Waals surface area contributed by atoms with Gasteiger partial charge in [-0.25, -0.2) is 4.79 Å². The van der Waals surface area contributed by atoms with Crippen molar-refractivity contribution in [1.82, 2.24) is 26.2 Å². The summed E-state index contributed by atoms with van der Waals surface area (Å²) in [7, 11) is 0. The average Bonchev–Trinajstić information content (AvgIpc) is 1.53. The summed E-state index contributed by atoms with van der Waals surface area (Å²) in [5.41, 5.74) is 2.95. The number of hydrogen-bond acceptors (Lipinski definition) is 20. The first kappa shape index (κ1) is 74.5. The van der Waals surface area contributed by atoms with Crippen molar-refractivity contribution in [2.75, 3.05) is 96.3 Å². The fraction of sp³-hybridized carbons (Fsp3) is 0.459. The molecule has 4 aromatic rings. The Hall–Kier alpha value is -9.16. The van der Waals surface area contributed by atoms with Crippen LogP contribution in [0.5, 0.6) is 0 Å². The number of allylic oxidation sites excluding steroid dienone is 4. The number of ketones is 2. The van der Waals surface area contributed by atoms with Crippen LogP contribution in [0.2, 0.25) is 0 Å². The monoisotopic (exact) mass is 1390 g/mol. The second kappa shape index (κ2) is 34.5. The maximum absolute atomic E-state index is 14.1. The van der Waals surface area contributed by atoms with Crippen LogP contribution >= 0.6 is 0 Å². The molecule has 2 heterocycles. The first-order chi connectivity index (χ1) is 48.7. The number of carbonyl (C=O) groups is 10. The normalized spacial score (nSPS) is 24.1. The molecule has 6 aliphatic rings. The number of carbonyl (C=O) groups excluding carboxylic acids is 10. The zero-order valence-corrected chi connectivity index (χ0v) is 56.5. The van der Waals surface area contributed by atoms with Crippen LogP contribution in [0, 0.1) is 28.6 Å². The summed E-state index contributed by atoms with van der Waals surface area (Å²) in [4.78, 5) is 128. The molecule has 4 fully saturated rings. The number of nitrogens with zero attached hydrogens (tertiary/aromatic N) is 1. The molecule has 1 saturated heterocycles. The topological polar surface area (TPSA) is 371 Å². The molecule has 10 rings (SSSR count). The highest BCUT2D eigenvalue weighted by atomic mass is 16.7. The standard InChI is InChI=1S/C74H87N7O20/c1-72-23-21-54(84)37-52(72)14-17-55-56-38-61-74(60(86)44-83,73(56,2)39-59(85)68(55)72)101-70(100-61)50-10-6-9-48(34-50)33-49-13-18-57(51(35-49)43-82)80-71(94)99-45-47-11-15-53(16-12-47)78-64(89)42-77-69(93)58(36-46-7-4-3-5-8-46)79-65(90)41-76-63(88)40-75-62(87)22-25-95-27-29-97-31-32-98-30-28-96-26-24-81-66(91)19-20-67(81)92/h3-13,15-16,18-21,23,34-35,37,55-56,58-59,61,68,70,82-83,85H,14,17,22,24-33,36,38-45H2,1-2H3,(H,75,87)(H,76,88)(H,77,93)(H,78,89)(H,79,90)(H,80,94)/t55-,56-,58-,59-,61+,68+,70+,72-,73-,74+/m0/s1. The number of anilines is 2. The molecule has 0 bridgehead atoms. The van der Waals surface area contributed by atoms with Crippen LogP contribution in [0.25, 0.3) is 0 Å². The minimum Gasteiger partial charge on any atom is -0.444 e. The van der Waals surface area contributed by atoms with E-state index >= 15 is 0 Å². The minimum absolute atomic E-state index is 0.0210. The van der Waals surface area contributed by atoms with Crippen LogP contribution in [0.15, 0.2) is 133 Å².